The number of benzene rings is 1. The van der Waals surface area contributed by atoms with Gasteiger partial charge in [-0.1, -0.05) is 26.0 Å². The summed E-state index contributed by atoms with van der Waals surface area (Å²) >= 11 is 1.33. The van der Waals surface area contributed by atoms with Crippen molar-refractivity contribution < 1.29 is 24.6 Å². The zero-order valence-electron chi connectivity index (χ0n) is 14.3. The molecule has 7 nitrogen and oxygen atoms in total. The van der Waals surface area contributed by atoms with Crippen LogP contribution in [0.4, 0.5) is 0 Å². The van der Waals surface area contributed by atoms with E-state index in [9.17, 15) is 19.5 Å². The Morgan fingerprint density at radius 2 is 1.72 bits per heavy atom. The number of nitrogens with zero attached hydrogens (tertiary/aromatic N) is 1. The molecule has 4 N–H and O–H groups in total. The number of nitrogens with two attached hydrogens (primary N) is 1. The molecule has 0 bridgehead atoms. The fourth-order valence-electron chi connectivity index (χ4n) is 2.61. The van der Waals surface area contributed by atoms with Crippen molar-refractivity contribution in [2.45, 2.75) is 49.5 Å². The number of hydrogen-bond acceptors (Lipinski definition) is 6. The molecule has 25 heavy (non-hydrogen) atoms. The topological polar surface area (TPSA) is 121 Å². The highest BCUT2D eigenvalue weighted by atomic mass is 32.2. The van der Waals surface area contributed by atoms with Gasteiger partial charge in [-0.15, -0.1) is 11.8 Å². The lowest BCUT2D eigenvalue weighted by atomic mass is 9.94. The smallest absolute Gasteiger partial charge is 0.337 e. The number of carbonyl (C=O) groups excluding carboxylic acids is 2. The lowest BCUT2D eigenvalue weighted by Gasteiger charge is -2.33. The van der Waals surface area contributed by atoms with Gasteiger partial charge in [-0.3, -0.25) is 14.5 Å². The molecule has 0 aliphatic carbocycles. The lowest BCUT2D eigenvalue weighted by Crippen LogP contribution is -2.54. The van der Waals surface area contributed by atoms with Crippen LogP contribution in [0, 0.1) is 0 Å². The van der Waals surface area contributed by atoms with Gasteiger partial charge in [0.2, 0.25) is 0 Å². The molecule has 2 amide bonds. The molecule has 8 heteroatoms. The van der Waals surface area contributed by atoms with E-state index >= 15 is 0 Å². The van der Waals surface area contributed by atoms with Crippen LogP contribution in [0.2, 0.25) is 0 Å². The van der Waals surface area contributed by atoms with Crippen LogP contribution in [0.3, 0.4) is 0 Å². The van der Waals surface area contributed by atoms with Crippen LogP contribution in [0.15, 0.2) is 24.3 Å². The first-order valence-electron chi connectivity index (χ1n) is 7.91. The SMILES string of the molecule is CC(C)SC(CC(N)C(C)(O)C(=O)O)N1C(=O)c2ccccc2C1=O. The molecule has 1 aliphatic heterocycles. The van der Waals surface area contributed by atoms with Crippen molar-refractivity contribution in [3.05, 3.63) is 35.4 Å². The highest BCUT2D eigenvalue weighted by Crippen LogP contribution is 2.33. The van der Waals surface area contributed by atoms with Gasteiger partial charge >= 0.3 is 5.97 Å². The van der Waals surface area contributed by atoms with Crippen molar-refractivity contribution in [2.75, 3.05) is 0 Å². The summed E-state index contributed by atoms with van der Waals surface area (Å²) < 4.78 is 0. The van der Waals surface area contributed by atoms with Crippen LogP contribution < -0.4 is 5.73 Å². The van der Waals surface area contributed by atoms with Gasteiger partial charge in [0, 0.05) is 11.3 Å². The molecule has 1 aromatic carbocycles. The van der Waals surface area contributed by atoms with E-state index in [1.165, 1.54) is 11.8 Å². The third-order valence-electron chi connectivity index (χ3n) is 4.15. The molecule has 1 aliphatic rings. The molecule has 136 valence electrons. The van der Waals surface area contributed by atoms with Gasteiger partial charge < -0.3 is 15.9 Å². The largest absolute Gasteiger partial charge is 0.479 e. The molecule has 0 saturated carbocycles. The first-order chi connectivity index (χ1) is 11.6. The Kier molecular flexibility index (Phi) is 5.55. The van der Waals surface area contributed by atoms with Crippen LogP contribution in [-0.4, -0.2) is 55.2 Å². The zero-order chi connectivity index (χ0) is 18.9. The van der Waals surface area contributed by atoms with E-state index < -0.39 is 34.8 Å². The minimum absolute atomic E-state index is 0.0341. The summed E-state index contributed by atoms with van der Waals surface area (Å²) in [4.78, 5) is 37.7. The quantitative estimate of drug-likeness (QED) is 0.622. The summed E-state index contributed by atoms with van der Waals surface area (Å²) in [5.41, 5.74) is 4.38. The van der Waals surface area contributed by atoms with Gasteiger partial charge in [0.05, 0.1) is 16.5 Å². The number of rotatable bonds is 7. The van der Waals surface area contributed by atoms with E-state index in [-0.39, 0.29) is 11.7 Å². The average Bonchev–Trinajstić information content (AvgIpc) is 2.78. The van der Waals surface area contributed by atoms with Crippen molar-refractivity contribution in [2.24, 2.45) is 5.73 Å². The van der Waals surface area contributed by atoms with Crippen LogP contribution in [-0.2, 0) is 4.79 Å². The molecular weight excluding hydrogens is 344 g/mol. The molecule has 0 fully saturated rings. The third-order valence-corrected chi connectivity index (χ3v) is 5.42. The monoisotopic (exact) mass is 366 g/mol. The maximum absolute atomic E-state index is 12.7. The zero-order valence-corrected chi connectivity index (χ0v) is 15.1. The van der Waals surface area contributed by atoms with Crippen LogP contribution >= 0.6 is 11.8 Å². The summed E-state index contributed by atoms with van der Waals surface area (Å²) in [7, 11) is 0. The Hall–Kier alpha value is -1.90. The van der Waals surface area contributed by atoms with Crippen molar-refractivity contribution >= 4 is 29.5 Å². The fourth-order valence-corrected chi connectivity index (χ4v) is 3.87. The number of hydrogen-bond donors (Lipinski definition) is 3. The average molecular weight is 366 g/mol. The maximum Gasteiger partial charge on any atom is 0.337 e. The Bertz CT molecular complexity index is 669. The molecule has 0 spiro atoms. The molecule has 2 rings (SSSR count). The number of amides is 2. The van der Waals surface area contributed by atoms with Crippen molar-refractivity contribution in [3.8, 4) is 0 Å². The third kappa shape index (κ3) is 3.70. The van der Waals surface area contributed by atoms with Gasteiger partial charge in [0.15, 0.2) is 5.60 Å². The Labute approximate surface area is 150 Å². The van der Waals surface area contributed by atoms with E-state index in [4.69, 9.17) is 10.8 Å². The maximum atomic E-state index is 12.7. The number of imide groups is 1. The molecule has 0 saturated heterocycles. The molecule has 3 atom stereocenters. The highest BCUT2D eigenvalue weighted by Gasteiger charge is 2.44. The Morgan fingerprint density at radius 3 is 2.12 bits per heavy atom. The highest BCUT2D eigenvalue weighted by molar-refractivity contribution is 8.00. The minimum Gasteiger partial charge on any atom is -0.479 e. The van der Waals surface area contributed by atoms with Crippen LogP contribution in [0.1, 0.15) is 47.9 Å². The lowest BCUT2D eigenvalue weighted by molar-refractivity contribution is -0.158. The van der Waals surface area contributed by atoms with Gasteiger partial charge in [-0.2, -0.15) is 0 Å². The molecular formula is C17H22N2O5S. The predicted octanol–water partition coefficient (Wildman–Crippen LogP) is 1.30. The van der Waals surface area contributed by atoms with Crippen molar-refractivity contribution in [3.63, 3.8) is 0 Å². The normalized spacial score (nSPS) is 18.9. The first kappa shape index (κ1) is 19.4. The summed E-state index contributed by atoms with van der Waals surface area (Å²) in [5, 5.41) is 18.6. The van der Waals surface area contributed by atoms with Gasteiger partial charge in [0.25, 0.3) is 11.8 Å². The predicted molar refractivity (Wildman–Crippen MR) is 94.3 cm³/mol. The van der Waals surface area contributed by atoms with E-state index in [0.717, 1.165) is 11.8 Å². The number of aliphatic carboxylic acids is 1. The molecule has 3 unspecified atom stereocenters. The van der Waals surface area contributed by atoms with Crippen molar-refractivity contribution in [1.82, 2.24) is 4.90 Å². The summed E-state index contributed by atoms with van der Waals surface area (Å²) in [6.07, 6.45) is -0.0341. The van der Waals surface area contributed by atoms with E-state index in [2.05, 4.69) is 0 Å². The summed E-state index contributed by atoms with van der Waals surface area (Å²) in [6, 6.07) is 5.38. The number of thioether (sulfide) groups is 1. The van der Waals surface area contributed by atoms with Crippen LogP contribution in [0.5, 0.6) is 0 Å². The molecule has 1 aromatic rings. The van der Waals surface area contributed by atoms with E-state index in [1.54, 1.807) is 24.3 Å². The van der Waals surface area contributed by atoms with Crippen LogP contribution in [0.25, 0.3) is 0 Å². The number of aliphatic hydroxyl groups is 1. The van der Waals surface area contributed by atoms with E-state index in [0.29, 0.717) is 11.1 Å². The van der Waals surface area contributed by atoms with Gasteiger partial charge in [-0.25, -0.2) is 4.79 Å². The van der Waals surface area contributed by atoms with Gasteiger partial charge in [0.1, 0.15) is 0 Å². The Balaban J connectivity index is 2.32. The van der Waals surface area contributed by atoms with E-state index in [1.807, 2.05) is 13.8 Å². The summed E-state index contributed by atoms with van der Waals surface area (Å²) in [6.45, 7) is 4.91. The Morgan fingerprint density at radius 1 is 1.24 bits per heavy atom. The number of carboxylic acids is 1. The summed E-state index contributed by atoms with van der Waals surface area (Å²) in [5.74, 6) is -2.31. The number of carbonyl (C=O) groups is 3. The second kappa shape index (κ2) is 7.15. The number of fused-ring (bicyclic) bond motifs is 1. The fraction of sp³-hybridized carbons (Fsp3) is 0.471. The minimum atomic E-state index is -2.16. The van der Waals surface area contributed by atoms with Crippen molar-refractivity contribution in [1.29, 1.82) is 0 Å². The molecule has 0 radical (unpaired) electrons. The second-order valence-electron chi connectivity index (χ2n) is 6.46. The molecule has 1 heterocycles. The standard InChI is InChI=1S/C17H22N2O5S/c1-9(2)25-13(8-12(18)17(3,24)16(22)23)19-14(20)10-6-4-5-7-11(10)15(19)21/h4-7,9,12-13,24H,8,18H2,1-3H3,(H,22,23). The van der Waals surface area contributed by atoms with Gasteiger partial charge in [-0.05, 0) is 25.5 Å². The molecule has 0 aromatic heterocycles. The second-order valence-corrected chi connectivity index (χ2v) is 8.22. The first-order valence-corrected chi connectivity index (χ1v) is 8.85. The number of carboxylic acid groups (broad SMARTS) is 1.